The first kappa shape index (κ1) is 21.5. The van der Waals surface area contributed by atoms with Crippen LogP contribution < -0.4 is 5.32 Å². The second-order valence-electron chi connectivity index (χ2n) is 9.11. The van der Waals surface area contributed by atoms with Crippen molar-refractivity contribution < 1.29 is 4.79 Å². The Kier molecular flexibility index (Phi) is 5.20. The topological polar surface area (TPSA) is 108 Å². The van der Waals surface area contributed by atoms with E-state index in [1.165, 1.54) is 6.20 Å². The van der Waals surface area contributed by atoms with Gasteiger partial charge in [0.25, 0.3) is 5.91 Å². The normalized spacial score (nSPS) is 11.8. The molecule has 4 heterocycles. The first-order valence-corrected chi connectivity index (χ1v) is 10.9. The van der Waals surface area contributed by atoms with Crippen molar-refractivity contribution in [3.05, 3.63) is 72.6 Å². The minimum absolute atomic E-state index is 0.258. The first-order valence-electron chi connectivity index (χ1n) is 10.9. The summed E-state index contributed by atoms with van der Waals surface area (Å²) in [6, 6.07) is 9.90. The van der Waals surface area contributed by atoms with Crippen molar-refractivity contribution in [3.63, 3.8) is 0 Å². The minimum Gasteiger partial charge on any atom is -0.347 e. The highest BCUT2D eigenvalue weighted by Crippen LogP contribution is 2.27. The number of rotatable bonds is 5. The third-order valence-corrected chi connectivity index (χ3v) is 5.40. The number of fused-ring (bicyclic) bond motifs is 1. The molecule has 0 bridgehead atoms. The number of hydrogen-bond donors (Lipinski definition) is 1. The van der Waals surface area contributed by atoms with E-state index in [0.717, 1.165) is 33.6 Å². The van der Waals surface area contributed by atoms with Crippen LogP contribution in [0.1, 0.15) is 36.8 Å². The Morgan fingerprint density at radius 2 is 1.76 bits per heavy atom. The van der Waals surface area contributed by atoms with Gasteiger partial charge in [0, 0.05) is 30.9 Å². The minimum atomic E-state index is -0.280. The lowest BCUT2D eigenvalue weighted by Crippen LogP contribution is -2.27. The predicted octanol–water partition coefficient (Wildman–Crippen LogP) is 3.07. The Bertz CT molecular complexity index is 1470. The van der Waals surface area contributed by atoms with Gasteiger partial charge in [-0.25, -0.2) is 9.50 Å². The molecule has 0 saturated heterocycles. The molecule has 0 fully saturated rings. The molecule has 34 heavy (non-hydrogen) atoms. The predicted molar refractivity (Wildman–Crippen MR) is 127 cm³/mol. The summed E-state index contributed by atoms with van der Waals surface area (Å²) >= 11 is 0. The number of aromatic nitrogens is 8. The molecule has 4 aromatic heterocycles. The lowest BCUT2D eigenvalue weighted by molar-refractivity contribution is 0.0944. The Hall–Kier alpha value is -4.34. The fourth-order valence-corrected chi connectivity index (χ4v) is 3.58. The average molecular weight is 456 g/mol. The van der Waals surface area contributed by atoms with Gasteiger partial charge in [-0.15, -0.1) is 5.10 Å². The second kappa shape index (κ2) is 8.22. The van der Waals surface area contributed by atoms with Crippen LogP contribution in [0.5, 0.6) is 0 Å². The number of benzene rings is 1. The van der Waals surface area contributed by atoms with Crippen molar-refractivity contribution in [1.29, 1.82) is 0 Å². The van der Waals surface area contributed by atoms with Crippen molar-refractivity contribution in [2.24, 2.45) is 7.05 Å². The van der Waals surface area contributed by atoms with Crippen molar-refractivity contribution in [2.45, 2.75) is 32.9 Å². The van der Waals surface area contributed by atoms with Crippen LogP contribution >= 0.6 is 0 Å². The van der Waals surface area contributed by atoms with E-state index in [-0.39, 0.29) is 11.4 Å². The van der Waals surface area contributed by atoms with E-state index in [0.29, 0.717) is 12.2 Å². The maximum Gasteiger partial charge on any atom is 0.273 e. The van der Waals surface area contributed by atoms with Gasteiger partial charge in [0.2, 0.25) is 0 Å². The van der Waals surface area contributed by atoms with E-state index in [1.54, 1.807) is 21.9 Å². The van der Waals surface area contributed by atoms with Gasteiger partial charge in [-0.05, 0) is 32.4 Å². The Balaban J connectivity index is 1.35. The molecule has 1 aromatic carbocycles. The molecule has 1 N–H and O–H groups in total. The molecule has 0 saturated carbocycles. The molecule has 0 aliphatic heterocycles. The average Bonchev–Trinajstić information content (AvgIpc) is 3.57. The van der Waals surface area contributed by atoms with E-state index >= 15 is 0 Å². The van der Waals surface area contributed by atoms with Crippen LogP contribution in [0.2, 0.25) is 0 Å². The highest BCUT2D eigenvalue weighted by molar-refractivity contribution is 5.91. The number of nitrogens with zero attached hydrogens (tertiary/aromatic N) is 8. The molecule has 1 amide bonds. The van der Waals surface area contributed by atoms with Crippen molar-refractivity contribution in [3.8, 4) is 22.5 Å². The van der Waals surface area contributed by atoms with Crippen LogP contribution in [-0.2, 0) is 19.1 Å². The van der Waals surface area contributed by atoms with Crippen LogP contribution in [0, 0.1) is 0 Å². The van der Waals surface area contributed by atoms with Crippen molar-refractivity contribution in [1.82, 2.24) is 44.7 Å². The number of hydrogen-bond acceptors (Lipinski definition) is 6. The summed E-state index contributed by atoms with van der Waals surface area (Å²) in [4.78, 5) is 18.9. The quantitative estimate of drug-likeness (QED) is 0.436. The summed E-state index contributed by atoms with van der Waals surface area (Å²) in [5, 5.41) is 20.0. The van der Waals surface area contributed by atoms with E-state index in [2.05, 4.69) is 25.7 Å². The van der Waals surface area contributed by atoms with Crippen molar-refractivity contribution in [2.75, 3.05) is 0 Å². The van der Waals surface area contributed by atoms with E-state index in [1.807, 2.05) is 75.1 Å². The fourth-order valence-electron chi connectivity index (χ4n) is 3.58. The maximum absolute atomic E-state index is 12.5. The van der Waals surface area contributed by atoms with Crippen LogP contribution in [0.3, 0.4) is 0 Å². The van der Waals surface area contributed by atoms with Crippen molar-refractivity contribution >= 4 is 11.4 Å². The Labute approximate surface area is 196 Å². The number of aryl methyl sites for hydroxylation is 1. The first-order chi connectivity index (χ1) is 16.3. The van der Waals surface area contributed by atoms with Crippen LogP contribution in [-0.4, -0.2) is 45.3 Å². The molecule has 0 radical (unpaired) electrons. The van der Waals surface area contributed by atoms with Gasteiger partial charge in [0.05, 0.1) is 47.2 Å². The zero-order valence-electron chi connectivity index (χ0n) is 19.5. The summed E-state index contributed by atoms with van der Waals surface area (Å²) < 4.78 is 3.57. The van der Waals surface area contributed by atoms with Gasteiger partial charge >= 0.3 is 0 Å². The Morgan fingerprint density at radius 1 is 0.971 bits per heavy atom. The summed E-state index contributed by atoms with van der Waals surface area (Å²) in [7, 11) is 1.88. The third-order valence-electron chi connectivity index (χ3n) is 5.40. The largest absolute Gasteiger partial charge is 0.347 e. The molecule has 10 heteroatoms. The lowest BCUT2D eigenvalue weighted by Gasteiger charge is -2.16. The van der Waals surface area contributed by atoms with Gasteiger partial charge in [0.15, 0.2) is 5.69 Å². The molecule has 0 aliphatic rings. The van der Waals surface area contributed by atoms with E-state index in [9.17, 15) is 4.79 Å². The molecular weight excluding hydrogens is 430 g/mol. The highest BCUT2D eigenvalue weighted by Gasteiger charge is 2.18. The third kappa shape index (κ3) is 4.17. The monoisotopic (exact) mass is 455 g/mol. The summed E-state index contributed by atoms with van der Waals surface area (Å²) in [6.07, 6.45) is 8.85. The van der Waals surface area contributed by atoms with Gasteiger partial charge in [0.1, 0.15) is 0 Å². The number of carbonyl (C=O) groups is 1. The number of carbonyl (C=O) groups excluding carboxylic acids is 1. The number of amides is 1. The molecule has 5 rings (SSSR count). The van der Waals surface area contributed by atoms with E-state index < -0.39 is 0 Å². The fraction of sp³-hybridized carbons (Fsp3) is 0.250. The molecule has 0 aliphatic carbocycles. The highest BCUT2D eigenvalue weighted by atomic mass is 16.2. The molecule has 10 nitrogen and oxygen atoms in total. The second-order valence-corrected chi connectivity index (χ2v) is 9.11. The van der Waals surface area contributed by atoms with Crippen LogP contribution in [0.25, 0.3) is 28.0 Å². The molecular formula is C24H25N9O. The SMILES string of the molecule is Cn1cc(-c2cn3nccc3c(-c3ccc(CNC(=O)c4cnn(C(C)(C)C)n4)cc3)n2)cn1. The molecule has 0 unspecified atom stereocenters. The van der Waals surface area contributed by atoms with E-state index in [4.69, 9.17) is 4.98 Å². The van der Waals surface area contributed by atoms with Gasteiger partial charge in [-0.3, -0.25) is 9.48 Å². The smallest absolute Gasteiger partial charge is 0.273 e. The van der Waals surface area contributed by atoms with Crippen LogP contribution in [0.15, 0.2) is 61.3 Å². The zero-order valence-corrected chi connectivity index (χ0v) is 19.5. The lowest BCUT2D eigenvalue weighted by atomic mass is 10.1. The standard InChI is InChI=1S/C24H25N9O/c1-24(2,3)33-28-13-19(30-33)23(34)25-11-16-5-7-17(8-6-16)22-21-9-10-26-32(21)15-20(29-22)18-12-27-31(4)14-18/h5-10,12-15H,11H2,1-4H3,(H,25,34). The summed E-state index contributed by atoms with van der Waals surface area (Å²) in [6.45, 7) is 6.33. The van der Waals surface area contributed by atoms with Gasteiger partial charge in [-0.2, -0.15) is 20.1 Å². The molecule has 5 aromatic rings. The van der Waals surface area contributed by atoms with Gasteiger partial charge < -0.3 is 5.32 Å². The zero-order chi connectivity index (χ0) is 23.9. The molecule has 172 valence electrons. The van der Waals surface area contributed by atoms with Gasteiger partial charge in [-0.1, -0.05) is 24.3 Å². The summed E-state index contributed by atoms with van der Waals surface area (Å²) in [5.74, 6) is -0.258. The summed E-state index contributed by atoms with van der Waals surface area (Å²) in [5.41, 5.74) is 5.39. The maximum atomic E-state index is 12.5. The molecule has 0 spiro atoms. The Morgan fingerprint density at radius 3 is 2.44 bits per heavy atom. The van der Waals surface area contributed by atoms with Crippen LogP contribution in [0.4, 0.5) is 0 Å². The molecule has 0 atom stereocenters. The number of nitrogens with one attached hydrogen (secondary N) is 1.